The molecule has 1 amide bonds. The predicted molar refractivity (Wildman–Crippen MR) is 241 cm³/mol. The molecule has 0 saturated carbocycles. The minimum Gasteiger partial charge on any atom is -0.462 e. The molecule has 3 atom stereocenters. The van der Waals surface area contributed by atoms with E-state index in [1.165, 1.54) is 161 Å². The van der Waals surface area contributed by atoms with Crippen LogP contribution >= 0.6 is 0 Å². The summed E-state index contributed by atoms with van der Waals surface area (Å²) in [5, 5.41) is 23.6. The molecule has 0 heterocycles. The first-order valence-corrected chi connectivity index (χ1v) is 24.6. The molecule has 0 aromatic carbocycles. The van der Waals surface area contributed by atoms with Gasteiger partial charge in [-0.25, -0.2) is 0 Å². The monoisotopic (exact) mass is 790 g/mol. The van der Waals surface area contributed by atoms with Crippen LogP contribution in [0.2, 0.25) is 0 Å². The zero-order chi connectivity index (χ0) is 41.0. The quantitative estimate of drug-likeness (QED) is 0.0324. The number of unbranched alkanes of at least 4 members (excludes halogenated alkanes) is 28. The van der Waals surface area contributed by atoms with E-state index in [1.54, 1.807) is 0 Å². The van der Waals surface area contributed by atoms with Gasteiger partial charge in [0.05, 0.1) is 25.2 Å². The van der Waals surface area contributed by atoms with E-state index in [9.17, 15) is 19.8 Å². The van der Waals surface area contributed by atoms with Crippen molar-refractivity contribution >= 4 is 11.9 Å². The highest BCUT2D eigenvalue weighted by Crippen LogP contribution is 2.18. The van der Waals surface area contributed by atoms with Crippen LogP contribution in [-0.2, 0) is 14.3 Å². The molecule has 0 aromatic heterocycles. The lowest BCUT2D eigenvalue weighted by Crippen LogP contribution is -2.46. The number of carbonyl (C=O) groups excluding carboxylic acids is 2. The number of carbonyl (C=O) groups is 2. The number of amides is 1. The van der Waals surface area contributed by atoms with Crippen LogP contribution in [0.3, 0.4) is 0 Å². The van der Waals surface area contributed by atoms with Gasteiger partial charge in [-0.05, 0) is 57.8 Å². The van der Waals surface area contributed by atoms with E-state index in [-0.39, 0.29) is 24.9 Å². The molecular formula is C50H95NO5. The Hall–Kier alpha value is -1.66. The summed E-state index contributed by atoms with van der Waals surface area (Å²) in [5.74, 6) is -0.472. The van der Waals surface area contributed by atoms with Crippen molar-refractivity contribution in [3.63, 3.8) is 0 Å². The lowest BCUT2D eigenvalue weighted by Gasteiger charge is -2.24. The molecule has 0 saturated heterocycles. The number of hydrogen-bond donors (Lipinski definition) is 3. The second kappa shape index (κ2) is 44.4. The maximum absolute atomic E-state index is 13.1. The SMILES string of the molecule is CCCCC/C=C\C/C=C\CCCCCCCCCCCC(=O)OC(CCCCCCCCCC)CC(=O)NC(CO)C(O)CCCCCCCCCCCC. The molecule has 0 aromatic rings. The van der Waals surface area contributed by atoms with Crippen molar-refractivity contribution < 1.29 is 24.5 Å². The van der Waals surface area contributed by atoms with Gasteiger partial charge in [-0.2, -0.15) is 0 Å². The van der Waals surface area contributed by atoms with E-state index in [0.717, 1.165) is 51.4 Å². The van der Waals surface area contributed by atoms with Crippen LogP contribution in [0.25, 0.3) is 0 Å². The highest BCUT2D eigenvalue weighted by Gasteiger charge is 2.24. The second-order valence-corrected chi connectivity index (χ2v) is 16.9. The highest BCUT2D eigenvalue weighted by molar-refractivity contribution is 5.77. The third-order valence-corrected chi connectivity index (χ3v) is 11.3. The summed E-state index contributed by atoms with van der Waals surface area (Å²) in [6.45, 7) is 6.43. The molecule has 0 bridgehead atoms. The fourth-order valence-corrected chi connectivity index (χ4v) is 7.52. The Balaban J connectivity index is 4.38. The molecule has 3 N–H and O–H groups in total. The first kappa shape index (κ1) is 54.3. The van der Waals surface area contributed by atoms with Crippen molar-refractivity contribution in [2.24, 2.45) is 0 Å². The predicted octanol–water partition coefficient (Wildman–Crippen LogP) is 14.3. The largest absolute Gasteiger partial charge is 0.462 e. The Morgan fingerprint density at radius 2 is 0.911 bits per heavy atom. The molecule has 6 heteroatoms. The van der Waals surface area contributed by atoms with Gasteiger partial charge < -0.3 is 20.3 Å². The molecule has 0 spiro atoms. The van der Waals surface area contributed by atoms with Crippen molar-refractivity contribution in [3.05, 3.63) is 24.3 Å². The molecular weight excluding hydrogens is 695 g/mol. The number of hydrogen-bond acceptors (Lipinski definition) is 5. The van der Waals surface area contributed by atoms with Gasteiger partial charge in [0.25, 0.3) is 0 Å². The van der Waals surface area contributed by atoms with Gasteiger partial charge >= 0.3 is 5.97 Å². The molecule has 56 heavy (non-hydrogen) atoms. The summed E-state index contributed by atoms with van der Waals surface area (Å²) in [7, 11) is 0. The zero-order valence-electron chi connectivity index (χ0n) is 37.5. The van der Waals surface area contributed by atoms with Crippen molar-refractivity contribution in [1.82, 2.24) is 5.32 Å². The number of aliphatic hydroxyl groups is 2. The van der Waals surface area contributed by atoms with Crippen molar-refractivity contribution in [2.45, 2.75) is 277 Å². The maximum atomic E-state index is 13.1. The lowest BCUT2D eigenvalue weighted by molar-refractivity contribution is -0.151. The molecule has 330 valence electrons. The van der Waals surface area contributed by atoms with Crippen LogP contribution in [0, 0.1) is 0 Å². The van der Waals surface area contributed by atoms with Crippen LogP contribution in [-0.4, -0.2) is 46.9 Å². The average molecular weight is 790 g/mol. The molecule has 0 aliphatic carbocycles. The summed E-state index contributed by atoms with van der Waals surface area (Å²) < 4.78 is 5.90. The summed E-state index contributed by atoms with van der Waals surface area (Å²) in [6.07, 6.45) is 49.6. The summed E-state index contributed by atoms with van der Waals surface area (Å²) in [5.41, 5.74) is 0. The smallest absolute Gasteiger partial charge is 0.306 e. The van der Waals surface area contributed by atoms with Crippen LogP contribution < -0.4 is 5.32 Å². The Kier molecular flexibility index (Phi) is 43.1. The van der Waals surface area contributed by atoms with E-state index < -0.39 is 18.2 Å². The van der Waals surface area contributed by atoms with Gasteiger partial charge in [0, 0.05) is 6.42 Å². The maximum Gasteiger partial charge on any atom is 0.306 e. The van der Waals surface area contributed by atoms with E-state index in [1.807, 2.05) is 0 Å². The molecule has 6 nitrogen and oxygen atoms in total. The van der Waals surface area contributed by atoms with Gasteiger partial charge in [0.1, 0.15) is 6.10 Å². The topological polar surface area (TPSA) is 95.9 Å². The van der Waals surface area contributed by atoms with Gasteiger partial charge in [0.2, 0.25) is 5.91 Å². The molecule has 3 unspecified atom stereocenters. The third-order valence-electron chi connectivity index (χ3n) is 11.3. The van der Waals surface area contributed by atoms with Crippen molar-refractivity contribution in [2.75, 3.05) is 6.61 Å². The number of esters is 1. The lowest BCUT2D eigenvalue weighted by atomic mass is 10.0. The van der Waals surface area contributed by atoms with E-state index >= 15 is 0 Å². The van der Waals surface area contributed by atoms with Gasteiger partial charge in [-0.3, -0.25) is 9.59 Å². The average Bonchev–Trinajstić information content (AvgIpc) is 3.19. The van der Waals surface area contributed by atoms with Crippen LogP contribution in [0.4, 0.5) is 0 Å². The molecule has 0 fully saturated rings. The van der Waals surface area contributed by atoms with Crippen LogP contribution in [0.1, 0.15) is 258 Å². The summed E-state index contributed by atoms with van der Waals surface area (Å²) in [4.78, 5) is 26.0. The standard InChI is InChI=1S/C50H95NO5/c1-4-7-10-13-16-19-21-22-23-24-25-26-27-28-29-31-34-37-40-43-50(55)56-46(41-38-35-32-18-15-12-9-6-3)44-49(54)51-47(45-52)48(53)42-39-36-33-30-20-17-14-11-8-5-2/h16,19,22-23,46-48,52-53H,4-15,17-18,20-21,24-45H2,1-3H3,(H,51,54)/b19-16-,23-22-. The Bertz CT molecular complexity index is 889. The molecule has 0 aliphatic rings. The number of rotatable bonds is 44. The molecule has 0 aliphatic heterocycles. The van der Waals surface area contributed by atoms with Crippen LogP contribution in [0.15, 0.2) is 24.3 Å². The third kappa shape index (κ3) is 39.2. The zero-order valence-corrected chi connectivity index (χ0v) is 37.5. The minimum atomic E-state index is -0.781. The van der Waals surface area contributed by atoms with E-state index in [2.05, 4.69) is 50.4 Å². The fraction of sp³-hybridized carbons (Fsp3) is 0.880. The number of ether oxygens (including phenoxy) is 1. The Labute approximate surface area is 348 Å². The van der Waals surface area contributed by atoms with Gasteiger partial charge in [-0.15, -0.1) is 0 Å². The Morgan fingerprint density at radius 1 is 0.518 bits per heavy atom. The molecule has 0 radical (unpaired) electrons. The molecule has 0 rings (SSSR count). The minimum absolute atomic E-state index is 0.0799. The first-order valence-electron chi connectivity index (χ1n) is 24.6. The fourth-order valence-electron chi connectivity index (χ4n) is 7.52. The van der Waals surface area contributed by atoms with Crippen LogP contribution in [0.5, 0.6) is 0 Å². The number of allylic oxidation sites excluding steroid dienone is 4. The van der Waals surface area contributed by atoms with Gasteiger partial charge in [0.15, 0.2) is 0 Å². The van der Waals surface area contributed by atoms with Crippen molar-refractivity contribution in [3.8, 4) is 0 Å². The second-order valence-electron chi connectivity index (χ2n) is 16.9. The van der Waals surface area contributed by atoms with Gasteiger partial charge in [-0.1, -0.05) is 212 Å². The van der Waals surface area contributed by atoms with E-state index in [4.69, 9.17) is 4.74 Å². The summed E-state index contributed by atoms with van der Waals surface area (Å²) >= 11 is 0. The number of nitrogens with one attached hydrogen (secondary N) is 1. The van der Waals surface area contributed by atoms with E-state index in [0.29, 0.717) is 19.3 Å². The first-order chi connectivity index (χ1) is 27.5. The number of aliphatic hydroxyl groups excluding tert-OH is 2. The highest BCUT2D eigenvalue weighted by atomic mass is 16.5. The Morgan fingerprint density at radius 3 is 1.39 bits per heavy atom. The van der Waals surface area contributed by atoms with Crippen molar-refractivity contribution in [1.29, 1.82) is 0 Å². The summed E-state index contributed by atoms with van der Waals surface area (Å²) in [6, 6.07) is -0.694. The normalized spacial score (nSPS) is 13.4.